The second-order valence-electron chi connectivity index (χ2n) is 6.33. The second-order valence-corrected chi connectivity index (χ2v) is 6.33. The molecule has 5 heteroatoms. The number of hydrogen-bond acceptors (Lipinski definition) is 5. The number of rotatable bonds is 3. The van der Waals surface area contributed by atoms with Crippen LogP contribution in [0.25, 0.3) is 0 Å². The maximum absolute atomic E-state index is 4.49. The smallest absolute Gasteiger partial charge is 0.134 e. The molecule has 0 aromatic carbocycles. The van der Waals surface area contributed by atoms with E-state index in [-0.39, 0.29) is 0 Å². The molecular formula is C16H27N5. The van der Waals surface area contributed by atoms with Crippen LogP contribution in [-0.4, -0.2) is 60.7 Å². The van der Waals surface area contributed by atoms with Crippen LogP contribution in [-0.2, 0) is 0 Å². The van der Waals surface area contributed by atoms with E-state index in [1.807, 2.05) is 0 Å². The van der Waals surface area contributed by atoms with Gasteiger partial charge in [-0.1, -0.05) is 13.8 Å². The van der Waals surface area contributed by atoms with Crippen LogP contribution in [0.5, 0.6) is 0 Å². The minimum atomic E-state index is 0.852. The highest BCUT2D eigenvalue weighted by atomic mass is 15.3. The molecule has 5 nitrogen and oxygen atoms in total. The van der Waals surface area contributed by atoms with E-state index in [1.54, 1.807) is 6.33 Å². The maximum Gasteiger partial charge on any atom is 0.134 e. The molecule has 21 heavy (non-hydrogen) atoms. The Hall–Kier alpha value is -1.36. The molecule has 0 N–H and O–H groups in total. The van der Waals surface area contributed by atoms with Gasteiger partial charge in [-0.05, 0) is 25.3 Å². The molecule has 2 fully saturated rings. The lowest BCUT2D eigenvalue weighted by molar-refractivity contribution is 0.270. The van der Waals surface area contributed by atoms with E-state index in [9.17, 15) is 0 Å². The zero-order valence-electron chi connectivity index (χ0n) is 13.3. The quantitative estimate of drug-likeness (QED) is 0.848. The highest BCUT2D eigenvalue weighted by molar-refractivity contribution is 5.50. The Labute approximate surface area is 128 Å². The summed E-state index contributed by atoms with van der Waals surface area (Å²) in [5, 5.41) is 0. The Morgan fingerprint density at radius 1 is 0.952 bits per heavy atom. The van der Waals surface area contributed by atoms with Crippen molar-refractivity contribution in [3.63, 3.8) is 0 Å². The van der Waals surface area contributed by atoms with Crippen LogP contribution in [0.15, 0.2) is 12.4 Å². The number of piperidine rings is 1. The molecule has 0 atom stereocenters. The van der Waals surface area contributed by atoms with Crippen molar-refractivity contribution in [2.24, 2.45) is 5.92 Å². The molecule has 2 aliphatic heterocycles. The fraction of sp³-hybridized carbons (Fsp3) is 0.750. The third kappa shape index (κ3) is 3.46. The van der Waals surface area contributed by atoms with Crippen molar-refractivity contribution in [2.45, 2.75) is 26.7 Å². The molecule has 0 radical (unpaired) electrons. The minimum absolute atomic E-state index is 0.852. The first-order valence-corrected chi connectivity index (χ1v) is 8.30. The first kappa shape index (κ1) is 14.6. The third-order valence-corrected chi connectivity index (χ3v) is 4.89. The molecule has 2 saturated heterocycles. The Kier molecular flexibility index (Phi) is 4.58. The number of hydrogen-bond donors (Lipinski definition) is 0. The van der Waals surface area contributed by atoms with Gasteiger partial charge in [0.05, 0.1) is 0 Å². The van der Waals surface area contributed by atoms with Crippen LogP contribution in [0, 0.1) is 5.92 Å². The molecule has 1 aromatic heterocycles. The Morgan fingerprint density at radius 3 is 2.10 bits per heavy atom. The fourth-order valence-electron chi connectivity index (χ4n) is 3.21. The first-order valence-electron chi connectivity index (χ1n) is 8.30. The average Bonchev–Trinajstić information content (AvgIpc) is 2.56. The summed E-state index contributed by atoms with van der Waals surface area (Å²) in [4.78, 5) is 16.3. The molecule has 3 rings (SSSR count). The van der Waals surface area contributed by atoms with Crippen molar-refractivity contribution in [1.82, 2.24) is 14.9 Å². The van der Waals surface area contributed by atoms with Crippen LogP contribution >= 0.6 is 0 Å². The van der Waals surface area contributed by atoms with Gasteiger partial charge in [-0.15, -0.1) is 0 Å². The van der Waals surface area contributed by atoms with Gasteiger partial charge in [-0.3, -0.25) is 0 Å². The summed E-state index contributed by atoms with van der Waals surface area (Å²) in [6.45, 7) is 12.4. The lowest BCUT2D eigenvalue weighted by Crippen LogP contribution is -2.46. The van der Waals surface area contributed by atoms with E-state index in [0.717, 1.165) is 63.4 Å². The van der Waals surface area contributed by atoms with Crippen molar-refractivity contribution in [1.29, 1.82) is 0 Å². The summed E-state index contributed by atoms with van der Waals surface area (Å²) in [5.41, 5.74) is 0. The Morgan fingerprint density at radius 2 is 1.52 bits per heavy atom. The average molecular weight is 289 g/mol. The summed E-state index contributed by atoms with van der Waals surface area (Å²) in [7, 11) is 0. The second kappa shape index (κ2) is 6.60. The van der Waals surface area contributed by atoms with Crippen molar-refractivity contribution < 1.29 is 0 Å². The van der Waals surface area contributed by atoms with E-state index in [1.165, 1.54) is 12.8 Å². The van der Waals surface area contributed by atoms with E-state index >= 15 is 0 Å². The van der Waals surface area contributed by atoms with Crippen LogP contribution in [0.3, 0.4) is 0 Å². The number of likely N-dealkylation sites (N-methyl/N-ethyl adjacent to an activating group) is 1. The highest BCUT2D eigenvalue weighted by Crippen LogP contribution is 2.24. The SMILES string of the molecule is CCN1CCN(c2cc(N3CCC(C)CC3)ncn2)CC1. The van der Waals surface area contributed by atoms with E-state index in [0.29, 0.717) is 0 Å². The van der Waals surface area contributed by atoms with Gasteiger partial charge < -0.3 is 14.7 Å². The lowest BCUT2D eigenvalue weighted by atomic mass is 9.99. The Bertz CT molecular complexity index is 448. The molecule has 2 aliphatic rings. The molecule has 0 bridgehead atoms. The zero-order chi connectivity index (χ0) is 14.7. The van der Waals surface area contributed by atoms with E-state index in [2.05, 4.69) is 44.6 Å². The first-order chi connectivity index (χ1) is 10.3. The van der Waals surface area contributed by atoms with Crippen LogP contribution in [0.2, 0.25) is 0 Å². The predicted octanol–water partition coefficient (Wildman–Crippen LogP) is 1.85. The predicted molar refractivity (Wildman–Crippen MR) is 87.0 cm³/mol. The molecule has 0 unspecified atom stereocenters. The van der Waals surface area contributed by atoms with Crippen molar-refractivity contribution in [3.05, 3.63) is 12.4 Å². The standard InChI is InChI=1S/C16H27N5/c1-3-19-8-10-21(11-9-19)16-12-15(17-13-18-16)20-6-4-14(2)5-7-20/h12-14H,3-11H2,1-2H3. The van der Waals surface area contributed by atoms with Crippen LogP contribution < -0.4 is 9.80 Å². The van der Waals surface area contributed by atoms with Gasteiger partial charge in [-0.25, -0.2) is 9.97 Å². The normalized spacial score (nSPS) is 21.8. The van der Waals surface area contributed by atoms with Crippen molar-refractivity contribution in [3.8, 4) is 0 Å². The van der Waals surface area contributed by atoms with E-state index < -0.39 is 0 Å². The summed E-state index contributed by atoms with van der Waals surface area (Å²) < 4.78 is 0. The van der Waals surface area contributed by atoms with Gasteiger partial charge in [-0.2, -0.15) is 0 Å². The minimum Gasteiger partial charge on any atom is -0.356 e. The van der Waals surface area contributed by atoms with Crippen molar-refractivity contribution >= 4 is 11.6 Å². The summed E-state index contributed by atoms with van der Waals surface area (Å²) >= 11 is 0. The summed E-state index contributed by atoms with van der Waals surface area (Å²) in [6, 6.07) is 2.18. The summed E-state index contributed by atoms with van der Waals surface area (Å²) in [6.07, 6.45) is 4.28. The Balaban J connectivity index is 1.66. The molecular weight excluding hydrogens is 262 g/mol. The number of piperazine rings is 1. The van der Waals surface area contributed by atoms with Gasteiger partial charge in [0, 0.05) is 45.3 Å². The third-order valence-electron chi connectivity index (χ3n) is 4.89. The monoisotopic (exact) mass is 289 g/mol. The maximum atomic E-state index is 4.49. The molecule has 0 spiro atoms. The molecule has 0 amide bonds. The number of aromatic nitrogens is 2. The van der Waals surface area contributed by atoms with Crippen LogP contribution in [0.4, 0.5) is 11.6 Å². The van der Waals surface area contributed by atoms with Gasteiger partial charge in [0.25, 0.3) is 0 Å². The van der Waals surface area contributed by atoms with Gasteiger partial charge in [0.2, 0.25) is 0 Å². The van der Waals surface area contributed by atoms with Gasteiger partial charge >= 0.3 is 0 Å². The van der Waals surface area contributed by atoms with Gasteiger partial charge in [0.1, 0.15) is 18.0 Å². The molecule has 0 aliphatic carbocycles. The lowest BCUT2D eigenvalue weighted by Gasteiger charge is -2.35. The van der Waals surface area contributed by atoms with Crippen molar-refractivity contribution in [2.75, 3.05) is 55.6 Å². The van der Waals surface area contributed by atoms with Crippen LogP contribution in [0.1, 0.15) is 26.7 Å². The van der Waals surface area contributed by atoms with E-state index in [4.69, 9.17) is 0 Å². The van der Waals surface area contributed by atoms with Gasteiger partial charge in [0.15, 0.2) is 0 Å². The molecule has 0 saturated carbocycles. The molecule has 3 heterocycles. The number of anilines is 2. The number of nitrogens with zero attached hydrogens (tertiary/aromatic N) is 5. The zero-order valence-corrected chi connectivity index (χ0v) is 13.3. The highest BCUT2D eigenvalue weighted by Gasteiger charge is 2.20. The largest absolute Gasteiger partial charge is 0.356 e. The fourth-order valence-corrected chi connectivity index (χ4v) is 3.21. The molecule has 116 valence electrons. The topological polar surface area (TPSA) is 35.5 Å². The summed E-state index contributed by atoms with van der Waals surface area (Å²) in [5.74, 6) is 3.05. The molecule has 1 aromatic rings.